The van der Waals surface area contributed by atoms with E-state index >= 15 is 0 Å². The summed E-state index contributed by atoms with van der Waals surface area (Å²) in [6.45, 7) is 16.4. The normalized spacial score (nSPS) is 27.4. The molecule has 2 heteroatoms. The molecule has 0 amide bonds. The molecule has 0 aromatic heterocycles. The molecule has 2 fully saturated rings. The molecular weight excluding hydrogens is 256 g/mol. The van der Waals surface area contributed by atoms with E-state index in [1.807, 2.05) is 0 Å². The highest BCUT2D eigenvalue weighted by Crippen LogP contribution is 2.37. The first kappa shape index (κ1) is 17.3. The second kappa shape index (κ2) is 7.46. The second-order valence-electron chi connectivity index (χ2n) is 8.76. The van der Waals surface area contributed by atoms with Crippen LogP contribution in [0.5, 0.6) is 0 Å². The van der Waals surface area contributed by atoms with Crippen LogP contribution in [0.4, 0.5) is 0 Å². The standard InChI is InChI=1S/C19H38N2/c1-16(2)17-8-12-21(13-9-17)14-10-19(3,4)18-7-6-11-20(5)15-18/h16-18H,6-15H2,1-5H3. The lowest BCUT2D eigenvalue weighted by atomic mass is 9.72. The molecule has 2 aliphatic rings. The molecule has 1 atom stereocenters. The number of hydrogen-bond donors (Lipinski definition) is 0. The van der Waals surface area contributed by atoms with Crippen LogP contribution >= 0.6 is 0 Å². The average molecular weight is 295 g/mol. The zero-order valence-corrected chi connectivity index (χ0v) is 15.2. The Labute approximate surface area is 133 Å². The van der Waals surface area contributed by atoms with Crippen LogP contribution < -0.4 is 0 Å². The van der Waals surface area contributed by atoms with Gasteiger partial charge in [0, 0.05) is 6.54 Å². The van der Waals surface area contributed by atoms with Gasteiger partial charge >= 0.3 is 0 Å². The van der Waals surface area contributed by atoms with Crippen molar-refractivity contribution in [2.75, 3.05) is 39.8 Å². The van der Waals surface area contributed by atoms with Gasteiger partial charge in [-0.3, -0.25) is 0 Å². The van der Waals surface area contributed by atoms with Crippen LogP contribution in [0.25, 0.3) is 0 Å². The van der Waals surface area contributed by atoms with Crippen LogP contribution in [-0.2, 0) is 0 Å². The maximum Gasteiger partial charge on any atom is 0.00117 e. The van der Waals surface area contributed by atoms with E-state index in [1.165, 1.54) is 64.8 Å². The van der Waals surface area contributed by atoms with E-state index in [0.717, 1.165) is 17.8 Å². The monoisotopic (exact) mass is 294 g/mol. The lowest BCUT2D eigenvalue weighted by Gasteiger charge is -2.42. The molecule has 2 nitrogen and oxygen atoms in total. The Morgan fingerprint density at radius 2 is 1.71 bits per heavy atom. The third-order valence-corrected chi connectivity index (χ3v) is 6.38. The summed E-state index contributed by atoms with van der Waals surface area (Å²) in [5.74, 6) is 2.74. The minimum Gasteiger partial charge on any atom is -0.306 e. The zero-order valence-electron chi connectivity index (χ0n) is 15.2. The van der Waals surface area contributed by atoms with E-state index in [4.69, 9.17) is 0 Å². The molecule has 0 spiro atoms. The fraction of sp³-hybridized carbons (Fsp3) is 1.00. The van der Waals surface area contributed by atoms with Crippen molar-refractivity contribution in [3.8, 4) is 0 Å². The van der Waals surface area contributed by atoms with E-state index in [2.05, 4.69) is 44.5 Å². The Morgan fingerprint density at radius 3 is 2.29 bits per heavy atom. The minimum atomic E-state index is 0.504. The molecule has 1 unspecified atom stereocenters. The van der Waals surface area contributed by atoms with E-state index in [1.54, 1.807) is 0 Å². The van der Waals surface area contributed by atoms with Gasteiger partial charge in [0.15, 0.2) is 0 Å². The van der Waals surface area contributed by atoms with Gasteiger partial charge in [-0.05, 0) is 88.5 Å². The molecule has 21 heavy (non-hydrogen) atoms. The average Bonchev–Trinajstić information content (AvgIpc) is 2.45. The van der Waals surface area contributed by atoms with Gasteiger partial charge in [0.25, 0.3) is 0 Å². The highest BCUT2D eigenvalue weighted by atomic mass is 15.1. The van der Waals surface area contributed by atoms with Crippen LogP contribution in [0, 0.1) is 23.2 Å². The Balaban J connectivity index is 1.74. The number of rotatable bonds is 5. The lowest BCUT2D eigenvalue weighted by molar-refractivity contribution is 0.0753. The SMILES string of the molecule is CC(C)C1CCN(CCC(C)(C)C2CCCN(C)C2)CC1. The Hall–Kier alpha value is -0.0800. The zero-order chi connectivity index (χ0) is 15.5. The minimum absolute atomic E-state index is 0.504. The summed E-state index contributed by atoms with van der Waals surface area (Å²) in [4.78, 5) is 5.26. The van der Waals surface area contributed by atoms with Gasteiger partial charge in [-0.15, -0.1) is 0 Å². The van der Waals surface area contributed by atoms with E-state index in [-0.39, 0.29) is 0 Å². The Kier molecular flexibility index (Phi) is 6.14. The second-order valence-corrected chi connectivity index (χ2v) is 8.76. The molecule has 0 aliphatic carbocycles. The van der Waals surface area contributed by atoms with Gasteiger partial charge < -0.3 is 9.80 Å². The molecule has 2 rings (SSSR count). The summed E-state index contributed by atoms with van der Waals surface area (Å²) in [5.41, 5.74) is 0.504. The maximum absolute atomic E-state index is 2.73. The first-order valence-corrected chi connectivity index (χ1v) is 9.29. The van der Waals surface area contributed by atoms with Crippen molar-refractivity contribution in [3.05, 3.63) is 0 Å². The molecule has 0 saturated carbocycles. The fourth-order valence-corrected chi connectivity index (χ4v) is 4.30. The molecule has 2 aliphatic heterocycles. The van der Waals surface area contributed by atoms with Crippen molar-refractivity contribution in [1.29, 1.82) is 0 Å². The van der Waals surface area contributed by atoms with Gasteiger partial charge in [-0.25, -0.2) is 0 Å². The van der Waals surface area contributed by atoms with Crippen molar-refractivity contribution >= 4 is 0 Å². The van der Waals surface area contributed by atoms with Gasteiger partial charge in [-0.2, -0.15) is 0 Å². The van der Waals surface area contributed by atoms with Crippen molar-refractivity contribution in [2.24, 2.45) is 23.2 Å². The quantitative estimate of drug-likeness (QED) is 0.753. The van der Waals surface area contributed by atoms with E-state index in [0.29, 0.717) is 5.41 Å². The third kappa shape index (κ3) is 4.96. The molecule has 2 saturated heterocycles. The van der Waals surface area contributed by atoms with Crippen LogP contribution in [-0.4, -0.2) is 49.6 Å². The molecular formula is C19H38N2. The Morgan fingerprint density at radius 1 is 1.05 bits per heavy atom. The third-order valence-electron chi connectivity index (χ3n) is 6.38. The maximum atomic E-state index is 2.73. The smallest absolute Gasteiger partial charge is 0.00117 e. The molecule has 124 valence electrons. The van der Waals surface area contributed by atoms with Crippen LogP contribution in [0.3, 0.4) is 0 Å². The molecule has 0 aromatic carbocycles. The van der Waals surface area contributed by atoms with Crippen molar-refractivity contribution < 1.29 is 0 Å². The molecule has 0 radical (unpaired) electrons. The predicted octanol–water partition coefficient (Wildman–Crippen LogP) is 4.11. The van der Waals surface area contributed by atoms with Crippen LogP contribution in [0.2, 0.25) is 0 Å². The summed E-state index contributed by atoms with van der Waals surface area (Å²) in [7, 11) is 2.29. The Bertz CT molecular complexity index is 303. The first-order valence-electron chi connectivity index (χ1n) is 9.29. The van der Waals surface area contributed by atoms with Gasteiger partial charge in [0.05, 0.1) is 0 Å². The van der Waals surface area contributed by atoms with Crippen LogP contribution in [0.15, 0.2) is 0 Å². The summed E-state index contributed by atoms with van der Waals surface area (Å²) < 4.78 is 0. The van der Waals surface area contributed by atoms with Gasteiger partial charge in [-0.1, -0.05) is 27.7 Å². The number of hydrogen-bond acceptors (Lipinski definition) is 2. The number of nitrogens with zero attached hydrogens (tertiary/aromatic N) is 2. The van der Waals surface area contributed by atoms with E-state index in [9.17, 15) is 0 Å². The van der Waals surface area contributed by atoms with Crippen molar-refractivity contribution in [3.63, 3.8) is 0 Å². The molecule has 0 aromatic rings. The first-order chi connectivity index (χ1) is 9.88. The lowest BCUT2D eigenvalue weighted by Crippen LogP contribution is -2.42. The summed E-state index contributed by atoms with van der Waals surface area (Å²) in [6, 6.07) is 0. The van der Waals surface area contributed by atoms with Crippen molar-refractivity contribution in [2.45, 2.75) is 59.8 Å². The fourth-order valence-electron chi connectivity index (χ4n) is 4.30. The summed E-state index contributed by atoms with van der Waals surface area (Å²) in [6.07, 6.45) is 7.05. The van der Waals surface area contributed by atoms with E-state index < -0.39 is 0 Å². The summed E-state index contributed by atoms with van der Waals surface area (Å²) in [5, 5.41) is 0. The highest BCUT2D eigenvalue weighted by molar-refractivity contribution is 4.85. The van der Waals surface area contributed by atoms with Gasteiger partial charge in [0.2, 0.25) is 0 Å². The largest absolute Gasteiger partial charge is 0.306 e. The molecule has 2 heterocycles. The van der Waals surface area contributed by atoms with Crippen LogP contribution in [0.1, 0.15) is 59.8 Å². The van der Waals surface area contributed by atoms with Gasteiger partial charge in [0.1, 0.15) is 0 Å². The number of likely N-dealkylation sites (tertiary alicyclic amines) is 2. The predicted molar refractivity (Wildman–Crippen MR) is 92.6 cm³/mol. The summed E-state index contributed by atoms with van der Waals surface area (Å²) >= 11 is 0. The number of piperidine rings is 2. The topological polar surface area (TPSA) is 6.48 Å². The molecule has 0 bridgehead atoms. The highest BCUT2D eigenvalue weighted by Gasteiger charge is 2.32. The van der Waals surface area contributed by atoms with Crippen molar-refractivity contribution in [1.82, 2.24) is 9.80 Å². The molecule has 0 N–H and O–H groups in total.